The average molecular weight is 369 g/mol. The molecule has 0 saturated heterocycles. The highest BCUT2D eigenvalue weighted by molar-refractivity contribution is 4.79. The van der Waals surface area contributed by atoms with E-state index in [-0.39, 0.29) is 0 Å². The number of hydrogen-bond donors (Lipinski definition) is 0. The molecule has 0 aliphatic heterocycles. The number of rotatable bonds is 21. The molecule has 0 aromatic carbocycles. The summed E-state index contributed by atoms with van der Waals surface area (Å²) in [6.07, 6.45) is 25.3. The lowest BCUT2D eigenvalue weighted by Gasteiger charge is -2.35. The van der Waals surface area contributed by atoms with Crippen LogP contribution in [0.2, 0.25) is 0 Å². The van der Waals surface area contributed by atoms with Gasteiger partial charge in [-0.25, -0.2) is 0 Å². The van der Waals surface area contributed by atoms with Gasteiger partial charge in [0.05, 0.1) is 0 Å². The van der Waals surface area contributed by atoms with Crippen LogP contribution in [0.1, 0.15) is 143 Å². The zero-order valence-corrected chi connectivity index (χ0v) is 19.1. The van der Waals surface area contributed by atoms with Gasteiger partial charge in [-0.15, -0.1) is 0 Å². The first-order valence-electron chi connectivity index (χ1n) is 12.3. The van der Waals surface area contributed by atoms with E-state index in [0.29, 0.717) is 5.41 Å². The van der Waals surface area contributed by atoms with Crippen LogP contribution in [-0.2, 0) is 4.74 Å². The molecule has 26 heavy (non-hydrogen) atoms. The molecule has 0 spiro atoms. The molecule has 0 aromatic heterocycles. The topological polar surface area (TPSA) is 9.23 Å². The van der Waals surface area contributed by atoms with Gasteiger partial charge in [-0.05, 0) is 43.9 Å². The van der Waals surface area contributed by atoms with E-state index in [0.717, 1.165) is 19.6 Å². The van der Waals surface area contributed by atoms with Crippen molar-refractivity contribution < 1.29 is 4.74 Å². The van der Waals surface area contributed by atoms with Crippen molar-refractivity contribution in [1.29, 1.82) is 0 Å². The van der Waals surface area contributed by atoms with E-state index in [9.17, 15) is 0 Å². The highest BCUT2D eigenvalue weighted by atomic mass is 16.5. The minimum Gasteiger partial charge on any atom is -0.381 e. The van der Waals surface area contributed by atoms with Crippen LogP contribution >= 0.6 is 0 Å². The fraction of sp³-hybridized carbons (Fsp3) is 1.00. The summed E-state index contributed by atoms with van der Waals surface area (Å²) >= 11 is 0. The Hall–Kier alpha value is -0.0400. The third-order valence-corrected chi connectivity index (χ3v) is 6.03. The van der Waals surface area contributed by atoms with E-state index in [1.54, 1.807) is 0 Å². The number of hydrogen-bond acceptors (Lipinski definition) is 1. The largest absolute Gasteiger partial charge is 0.381 e. The summed E-state index contributed by atoms with van der Waals surface area (Å²) in [7, 11) is 0. The van der Waals surface area contributed by atoms with E-state index < -0.39 is 0 Å². The Morgan fingerprint density at radius 1 is 0.423 bits per heavy atom. The summed E-state index contributed by atoms with van der Waals surface area (Å²) in [5, 5.41) is 0. The zero-order valence-electron chi connectivity index (χ0n) is 19.1. The highest BCUT2D eigenvalue weighted by Crippen LogP contribution is 2.41. The van der Waals surface area contributed by atoms with Crippen LogP contribution in [0.4, 0.5) is 0 Å². The Kier molecular flexibility index (Phi) is 19.7. The molecule has 0 aromatic rings. The Morgan fingerprint density at radius 2 is 0.846 bits per heavy atom. The highest BCUT2D eigenvalue weighted by Gasteiger charge is 2.27. The summed E-state index contributed by atoms with van der Waals surface area (Å²) in [4.78, 5) is 0. The van der Waals surface area contributed by atoms with Crippen molar-refractivity contribution in [2.24, 2.45) is 5.41 Å². The second-order valence-corrected chi connectivity index (χ2v) is 8.65. The normalized spacial score (nSPS) is 12.0. The van der Waals surface area contributed by atoms with E-state index in [2.05, 4.69) is 27.7 Å². The lowest BCUT2D eigenvalue weighted by atomic mass is 9.71. The smallest absolute Gasteiger partial charge is 0.0466 e. The Balaban J connectivity index is 3.95. The van der Waals surface area contributed by atoms with Crippen LogP contribution in [0.15, 0.2) is 0 Å². The molecule has 0 fully saturated rings. The van der Waals surface area contributed by atoms with Crippen LogP contribution in [-0.4, -0.2) is 13.2 Å². The molecule has 1 heteroatoms. The quantitative estimate of drug-likeness (QED) is 0.183. The molecular formula is C25H52O. The molecule has 0 aliphatic rings. The molecule has 0 heterocycles. The molecule has 0 unspecified atom stereocenters. The maximum absolute atomic E-state index is 5.56. The van der Waals surface area contributed by atoms with Gasteiger partial charge in [0.15, 0.2) is 0 Å². The molecule has 1 nitrogen and oxygen atoms in total. The number of unbranched alkanes of at least 4 members (excludes halogenated alkanes) is 9. The second-order valence-electron chi connectivity index (χ2n) is 8.65. The first kappa shape index (κ1) is 26.0. The van der Waals surface area contributed by atoms with E-state index in [1.807, 2.05) is 0 Å². The average Bonchev–Trinajstić information content (AvgIpc) is 2.66. The van der Waals surface area contributed by atoms with Gasteiger partial charge in [0.1, 0.15) is 0 Å². The zero-order chi connectivity index (χ0) is 19.3. The first-order valence-corrected chi connectivity index (χ1v) is 12.3. The number of ether oxygens (including phenoxy) is 1. The molecule has 0 aliphatic carbocycles. The molecule has 0 amide bonds. The van der Waals surface area contributed by atoms with Crippen LogP contribution in [0.3, 0.4) is 0 Å². The monoisotopic (exact) mass is 368 g/mol. The minimum atomic E-state index is 0.679. The van der Waals surface area contributed by atoms with Gasteiger partial charge >= 0.3 is 0 Å². The summed E-state index contributed by atoms with van der Waals surface area (Å²) < 4.78 is 5.56. The summed E-state index contributed by atoms with van der Waals surface area (Å²) in [6, 6.07) is 0. The van der Waals surface area contributed by atoms with Crippen molar-refractivity contribution in [3.05, 3.63) is 0 Å². The predicted molar refractivity (Wildman–Crippen MR) is 119 cm³/mol. The van der Waals surface area contributed by atoms with Crippen molar-refractivity contribution in [3.63, 3.8) is 0 Å². The van der Waals surface area contributed by atoms with Crippen LogP contribution < -0.4 is 0 Å². The van der Waals surface area contributed by atoms with Crippen LogP contribution in [0.5, 0.6) is 0 Å². The van der Waals surface area contributed by atoms with Gasteiger partial charge in [0.25, 0.3) is 0 Å². The van der Waals surface area contributed by atoms with Crippen molar-refractivity contribution in [1.82, 2.24) is 0 Å². The molecule has 0 bridgehead atoms. The lowest BCUT2D eigenvalue weighted by Crippen LogP contribution is -2.21. The Labute approximate surface area is 167 Å². The Bertz CT molecular complexity index is 239. The molecule has 0 N–H and O–H groups in total. The first-order chi connectivity index (χ1) is 12.7. The van der Waals surface area contributed by atoms with Crippen molar-refractivity contribution in [2.75, 3.05) is 13.2 Å². The van der Waals surface area contributed by atoms with E-state index >= 15 is 0 Å². The fourth-order valence-electron chi connectivity index (χ4n) is 4.24. The van der Waals surface area contributed by atoms with E-state index in [1.165, 1.54) is 109 Å². The van der Waals surface area contributed by atoms with Crippen LogP contribution in [0.25, 0.3) is 0 Å². The third-order valence-electron chi connectivity index (χ3n) is 6.03. The molecule has 158 valence electrons. The molecular weight excluding hydrogens is 316 g/mol. The van der Waals surface area contributed by atoms with Gasteiger partial charge in [-0.1, -0.05) is 105 Å². The van der Waals surface area contributed by atoms with Crippen molar-refractivity contribution in [2.45, 2.75) is 143 Å². The molecule has 0 atom stereocenters. The predicted octanol–water partition coefficient (Wildman–Crippen LogP) is 9.09. The maximum Gasteiger partial charge on any atom is 0.0466 e. The van der Waals surface area contributed by atoms with Gasteiger partial charge in [0, 0.05) is 13.2 Å². The summed E-state index contributed by atoms with van der Waals surface area (Å²) in [5.41, 5.74) is 0.679. The Morgan fingerprint density at radius 3 is 1.31 bits per heavy atom. The fourth-order valence-corrected chi connectivity index (χ4v) is 4.24. The SMILES string of the molecule is CCCCC(CCCC)(CCCC)CCCCCCCCCOCCC. The summed E-state index contributed by atoms with van der Waals surface area (Å²) in [6.45, 7) is 11.2. The lowest BCUT2D eigenvalue weighted by molar-refractivity contribution is 0.130. The van der Waals surface area contributed by atoms with Gasteiger partial charge in [-0.3, -0.25) is 0 Å². The standard InChI is InChI=1S/C25H52O/c1-5-9-19-25(20-10-6-2,21-11-7-3)22-17-15-13-12-14-16-18-24-26-23-8-4/h5-24H2,1-4H3. The van der Waals surface area contributed by atoms with Crippen molar-refractivity contribution in [3.8, 4) is 0 Å². The van der Waals surface area contributed by atoms with Crippen LogP contribution in [0, 0.1) is 5.41 Å². The molecule has 0 saturated carbocycles. The maximum atomic E-state index is 5.56. The molecule has 0 radical (unpaired) electrons. The van der Waals surface area contributed by atoms with E-state index in [4.69, 9.17) is 4.74 Å². The van der Waals surface area contributed by atoms with Gasteiger partial charge in [-0.2, -0.15) is 0 Å². The second kappa shape index (κ2) is 19.7. The third kappa shape index (κ3) is 15.1. The molecule has 0 rings (SSSR count). The van der Waals surface area contributed by atoms with Gasteiger partial charge < -0.3 is 4.74 Å². The van der Waals surface area contributed by atoms with Gasteiger partial charge in [0.2, 0.25) is 0 Å². The summed E-state index contributed by atoms with van der Waals surface area (Å²) in [5.74, 6) is 0. The minimum absolute atomic E-state index is 0.679. The van der Waals surface area contributed by atoms with Crippen molar-refractivity contribution >= 4 is 0 Å².